The number of carbonyl (C=O) groups excluding carboxylic acids is 1. The molecular weight excluding hydrogens is 386 g/mol. The van der Waals surface area contributed by atoms with Crippen molar-refractivity contribution in [3.63, 3.8) is 0 Å². The molecular formula is C25H29N5O. The maximum atomic E-state index is 12.0. The van der Waals surface area contributed by atoms with Crippen molar-refractivity contribution in [2.45, 2.75) is 32.6 Å². The molecule has 3 aliphatic heterocycles. The van der Waals surface area contributed by atoms with Crippen LogP contribution in [-0.4, -0.2) is 55.2 Å². The summed E-state index contributed by atoms with van der Waals surface area (Å²) in [7, 11) is 0. The highest BCUT2D eigenvalue weighted by molar-refractivity contribution is 6.51. The Bertz CT molecular complexity index is 1050. The summed E-state index contributed by atoms with van der Waals surface area (Å²) in [4.78, 5) is 25.8. The molecule has 0 aromatic heterocycles. The lowest BCUT2D eigenvalue weighted by atomic mass is 9.89. The van der Waals surface area contributed by atoms with Gasteiger partial charge in [0.2, 0.25) is 0 Å². The first kappa shape index (κ1) is 19.9. The van der Waals surface area contributed by atoms with Gasteiger partial charge in [-0.3, -0.25) is 0 Å². The molecule has 1 saturated heterocycles. The number of nitrogens with one attached hydrogen (secondary N) is 1. The van der Waals surface area contributed by atoms with E-state index in [1.54, 1.807) is 0 Å². The van der Waals surface area contributed by atoms with E-state index in [1.807, 2.05) is 0 Å². The summed E-state index contributed by atoms with van der Waals surface area (Å²) in [6.07, 6.45) is 2.38. The van der Waals surface area contributed by atoms with Crippen LogP contribution < -0.4 is 10.2 Å². The maximum absolute atomic E-state index is 12.0. The second-order valence-electron chi connectivity index (χ2n) is 8.76. The van der Waals surface area contributed by atoms with Crippen LogP contribution in [0.5, 0.6) is 0 Å². The zero-order chi connectivity index (χ0) is 21.4. The zero-order valence-electron chi connectivity index (χ0n) is 18.3. The van der Waals surface area contributed by atoms with Crippen LogP contribution in [0.15, 0.2) is 52.4 Å². The summed E-state index contributed by atoms with van der Waals surface area (Å²) in [5.74, 6) is 1.36. The molecule has 0 unspecified atom stereocenters. The molecule has 160 valence electrons. The molecule has 6 heteroatoms. The van der Waals surface area contributed by atoms with Gasteiger partial charge in [0.1, 0.15) is 5.71 Å². The number of rotatable bonds is 4. The van der Waals surface area contributed by atoms with Gasteiger partial charge in [-0.25, -0.2) is 9.79 Å². The Hall–Kier alpha value is -2.99. The Morgan fingerprint density at radius 3 is 2.52 bits per heavy atom. The Morgan fingerprint density at radius 1 is 1.00 bits per heavy atom. The predicted molar refractivity (Wildman–Crippen MR) is 126 cm³/mol. The summed E-state index contributed by atoms with van der Waals surface area (Å²) >= 11 is 0. The fraction of sp³-hybridized carbons (Fsp3) is 0.400. The van der Waals surface area contributed by atoms with E-state index in [2.05, 4.69) is 76.4 Å². The second-order valence-corrected chi connectivity index (χ2v) is 8.76. The molecule has 0 spiro atoms. The summed E-state index contributed by atoms with van der Waals surface area (Å²) in [5.41, 5.74) is 6.79. The lowest BCUT2D eigenvalue weighted by Gasteiger charge is -2.37. The van der Waals surface area contributed by atoms with E-state index in [9.17, 15) is 4.79 Å². The lowest BCUT2D eigenvalue weighted by Crippen LogP contribution is -2.50. The number of piperidine rings is 1. The second kappa shape index (κ2) is 8.27. The topological polar surface area (TPSA) is 60.3 Å². The van der Waals surface area contributed by atoms with Gasteiger partial charge < -0.3 is 15.1 Å². The molecule has 2 aromatic rings. The number of fused-ring (bicyclic) bond motifs is 2. The number of amidine groups is 1. The Balaban J connectivity index is 1.32. The molecule has 1 N–H and O–H groups in total. The average Bonchev–Trinajstić information content (AvgIpc) is 2.79. The first-order valence-electron chi connectivity index (χ1n) is 11.2. The van der Waals surface area contributed by atoms with Crippen LogP contribution in [0.25, 0.3) is 0 Å². The third kappa shape index (κ3) is 4.00. The first-order valence-corrected chi connectivity index (χ1v) is 11.2. The molecule has 3 heterocycles. The number of nitrogens with zero attached hydrogens (tertiary/aromatic N) is 4. The van der Waals surface area contributed by atoms with Crippen molar-refractivity contribution in [1.29, 1.82) is 0 Å². The fourth-order valence-corrected chi connectivity index (χ4v) is 4.78. The molecule has 0 bridgehead atoms. The van der Waals surface area contributed by atoms with Crippen molar-refractivity contribution in [2.24, 2.45) is 9.98 Å². The van der Waals surface area contributed by atoms with E-state index >= 15 is 0 Å². The minimum Gasteiger partial charge on any atom is -0.330 e. The number of likely N-dealkylation sites (tertiary alicyclic amines) is 1. The average molecular weight is 416 g/mol. The van der Waals surface area contributed by atoms with Gasteiger partial charge in [-0.05, 0) is 74.5 Å². The number of carbonyl (C=O) groups is 1. The van der Waals surface area contributed by atoms with Crippen molar-refractivity contribution < 1.29 is 4.79 Å². The number of aliphatic imine (C=N–C) groups is 2. The molecule has 2 aromatic carbocycles. The number of benzene rings is 2. The molecule has 0 atom stereocenters. The molecule has 6 nitrogen and oxygen atoms in total. The molecule has 31 heavy (non-hydrogen) atoms. The number of urea groups is 1. The van der Waals surface area contributed by atoms with Crippen LogP contribution >= 0.6 is 0 Å². The monoisotopic (exact) mass is 415 g/mol. The Morgan fingerprint density at radius 2 is 1.74 bits per heavy atom. The highest BCUT2D eigenvalue weighted by Crippen LogP contribution is 2.36. The van der Waals surface area contributed by atoms with Crippen LogP contribution in [0.2, 0.25) is 0 Å². The molecule has 3 aliphatic rings. The largest absolute Gasteiger partial charge is 0.343 e. The van der Waals surface area contributed by atoms with Crippen molar-refractivity contribution >= 4 is 29.0 Å². The highest BCUT2D eigenvalue weighted by Gasteiger charge is 2.31. The normalized spacial score (nSPS) is 19.3. The molecule has 5 rings (SSSR count). The van der Waals surface area contributed by atoms with E-state index in [1.165, 1.54) is 29.5 Å². The highest BCUT2D eigenvalue weighted by atomic mass is 16.2. The third-order valence-electron chi connectivity index (χ3n) is 6.76. The smallest absolute Gasteiger partial charge is 0.330 e. The van der Waals surface area contributed by atoms with Crippen molar-refractivity contribution in [3.8, 4) is 0 Å². The van der Waals surface area contributed by atoms with Gasteiger partial charge in [-0.15, -0.1) is 0 Å². The van der Waals surface area contributed by atoms with Gasteiger partial charge in [-0.1, -0.05) is 30.3 Å². The first-order chi connectivity index (χ1) is 15.1. The van der Waals surface area contributed by atoms with Crippen LogP contribution in [0.4, 0.5) is 16.2 Å². The molecule has 2 amide bonds. The van der Waals surface area contributed by atoms with E-state index in [-0.39, 0.29) is 6.03 Å². The minimum atomic E-state index is -0.282. The zero-order valence-corrected chi connectivity index (χ0v) is 18.3. The number of hydrogen-bond donors (Lipinski definition) is 1. The summed E-state index contributed by atoms with van der Waals surface area (Å²) in [6.45, 7) is 8.61. The predicted octanol–water partition coefficient (Wildman–Crippen LogP) is 4.20. The number of amides is 2. The van der Waals surface area contributed by atoms with Crippen LogP contribution in [0, 0.1) is 13.8 Å². The lowest BCUT2D eigenvalue weighted by molar-refractivity contribution is 0.218. The molecule has 0 saturated carbocycles. The number of aryl methyl sites for hydroxylation is 2. The van der Waals surface area contributed by atoms with Crippen LogP contribution in [0.3, 0.4) is 0 Å². The van der Waals surface area contributed by atoms with Crippen LogP contribution in [-0.2, 0) is 0 Å². The minimum absolute atomic E-state index is 0.282. The molecule has 0 radical (unpaired) electrons. The SMILES string of the molecule is Cc1cc2c(cc1C)N(CCN1CCC(c3ccccc3)CC1)C1=NC(=O)NCC1=N2. The Labute approximate surface area is 183 Å². The van der Waals surface area contributed by atoms with Gasteiger partial charge in [0.25, 0.3) is 0 Å². The molecule has 0 aliphatic carbocycles. The summed E-state index contributed by atoms with van der Waals surface area (Å²) in [6, 6.07) is 14.9. The van der Waals surface area contributed by atoms with Crippen molar-refractivity contribution in [1.82, 2.24) is 10.2 Å². The maximum Gasteiger partial charge on any atom is 0.343 e. The van der Waals surface area contributed by atoms with Crippen molar-refractivity contribution in [3.05, 3.63) is 59.2 Å². The van der Waals surface area contributed by atoms with Gasteiger partial charge in [0, 0.05) is 13.1 Å². The Kier molecular flexibility index (Phi) is 5.32. The fourth-order valence-electron chi connectivity index (χ4n) is 4.78. The summed E-state index contributed by atoms with van der Waals surface area (Å²) in [5, 5.41) is 2.79. The van der Waals surface area contributed by atoms with Gasteiger partial charge in [0.15, 0.2) is 5.84 Å². The van der Waals surface area contributed by atoms with E-state index in [0.717, 1.165) is 43.3 Å². The third-order valence-corrected chi connectivity index (χ3v) is 6.76. The van der Waals surface area contributed by atoms with E-state index in [0.29, 0.717) is 18.3 Å². The van der Waals surface area contributed by atoms with Crippen LogP contribution in [0.1, 0.15) is 35.4 Å². The van der Waals surface area contributed by atoms with Gasteiger partial charge in [-0.2, -0.15) is 4.99 Å². The van der Waals surface area contributed by atoms with Crippen molar-refractivity contribution in [2.75, 3.05) is 37.6 Å². The standard InChI is InChI=1S/C25H29N5O/c1-17-14-21-23(15-18(17)2)30(24-22(27-21)16-26-25(31)28-24)13-12-29-10-8-20(9-11-29)19-6-4-3-5-7-19/h3-7,14-15,20H,8-13,16H2,1-2H3,(H,26,31). The summed E-state index contributed by atoms with van der Waals surface area (Å²) < 4.78 is 0. The van der Waals surface area contributed by atoms with E-state index < -0.39 is 0 Å². The van der Waals surface area contributed by atoms with E-state index in [4.69, 9.17) is 4.99 Å². The number of anilines is 1. The quantitative estimate of drug-likeness (QED) is 0.814. The van der Waals surface area contributed by atoms with Gasteiger partial charge >= 0.3 is 6.03 Å². The number of hydrogen-bond acceptors (Lipinski definition) is 4. The van der Waals surface area contributed by atoms with Gasteiger partial charge in [0.05, 0.1) is 17.9 Å². The molecule has 1 fully saturated rings.